The second-order valence-electron chi connectivity index (χ2n) is 6.38. The van der Waals surface area contributed by atoms with Crippen LogP contribution < -0.4 is 4.74 Å². The van der Waals surface area contributed by atoms with Crippen LogP contribution >= 0.6 is 0 Å². The second-order valence-corrected chi connectivity index (χ2v) is 6.38. The molecule has 0 bridgehead atoms. The number of para-hydroxylation sites is 1. The van der Waals surface area contributed by atoms with E-state index in [0.717, 1.165) is 17.0 Å². The zero-order chi connectivity index (χ0) is 19.1. The fraction of sp³-hybridized carbons (Fsp3) is 0.286. The van der Waals surface area contributed by atoms with Crippen molar-refractivity contribution in [1.29, 1.82) is 0 Å². The maximum absolute atomic E-state index is 12.5. The molecule has 0 fully saturated rings. The fourth-order valence-electron chi connectivity index (χ4n) is 2.79. The van der Waals surface area contributed by atoms with Gasteiger partial charge in [0.2, 0.25) is 5.91 Å². The first-order valence-corrected chi connectivity index (χ1v) is 9.03. The third kappa shape index (κ3) is 4.94. The van der Waals surface area contributed by atoms with Crippen molar-refractivity contribution in [1.82, 2.24) is 19.7 Å². The van der Waals surface area contributed by atoms with Gasteiger partial charge < -0.3 is 9.64 Å². The van der Waals surface area contributed by atoms with E-state index in [2.05, 4.69) is 10.1 Å². The Morgan fingerprint density at radius 1 is 1.15 bits per heavy atom. The molecule has 3 rings (SSSR count). The minimum absolute atomic E-state index is 0.00246. The van der Waals surface area contributed by atoms with Gasteiger partial charge in [0.15, 0.2) is 0 Å². The van der Waals surface area contributed by atoms with Gasteiger partial charge in [0.25, 0.3) is 0 Å². The Labute approximate surface area is 159 Å². The Kier molecular flexibility index (Phi) is 6.20. The SMILES string of the molecule is C[C@H](c1ccc(-n2cncn2)cc1)N(C)C(=O)CCCOc1ccccc1. The summed E-state index contributed by atoms with van der Waals surface area (Å²) in [5.74, 6) is 0.943. The van der Waals surface area contributed by atoms with Crippen LogP contribution in [0.3, 0.4) is 0 Å². The fourth-order valence-corrected chi connectivity index (χ4v) is 2.79. The number of amides is 1. The Bertz CT molecular complexity index is 832. The summed E-state index contributed by atoms with van der Waals surface area (Å²) in [7, 11) is 1.84. The zero-order valence-corrected chi connectivity index (χ0v) is 15.7. The van der Waals surface area contributed by atoms with Crippen LogP contribution in [0, 0.1) is 0 Å². The van der Waals surface area contributed by atoms with Crippen LogP contribution in [0.25, 0.3) is 5.69 Å². The van der Waals surface area contributed by atoms with Crippen molar-refractivity contribution in [3.63, 3.8) is 0 Å². The van der Waals surface area contributed by atoms with Crippen molar-refractivity contribution in [2.75, 3.05) is 13.7 Å². The molecule has 1 aromatic heterocycles. The van der Waals surface area contributed by atoms with Gasteiger partial charge in [0.1, 0.15) is 18.4 Å². The Hall–Kier alpha value is -3.15. The molecule has 1 heterocycles. The van der Waals surface area contributed by atoms with E-state index in [0.29, 0.717) is 19.4 Å². The molecular formula is C21H24N4O2. The number of nitrogens with zero attached hydrogens (tertiary/aromatic N) is 4. The number of ether oxygens (including phenoxy) is 1. The normalized spacial score (nSPS) is 11.8. The Morgan fingerprint density at radius 2 is 1.89 bits per heavy atom. The number of rotatable bonds is 8. The summed E-state index contributed by atoms with van der Waals surface area (Å²) in [4.78, 5) is 18.2. The Balaban J connectivity index is 1.48. The molecule has 0 unspecified atom stereocenters. The van der Waals surface area contributed by atoms with E-state index in [-0.39, 0.29) is 11.9 Å². The van der Waals surface area contributed by atoms with Gasteiger partial charge in [-0.15, -0.1) is 0 Å². The molecule has 0 aliphatic heterocycles. The maximum atomic E-state index is 12.5. The highest BCUT2D eigenvalue weighted by atomic mass is 16.5. The van der Waals surface area contributed by atoms with Gasteiger partial charge in [-0.1, -0.05) is 30.3 Å². The van der Waals surface area contributed by atoms with Crippen LogP contribution in [0.2, 0.25) is 0 Å². The lowest BCUT2D eigenvalue weighted by molar-refractivity contribution is -0.132. The van der Waals surface area contributed by atoms with Crippen LogP contribution in [-0.2, 0) is 4.79 Å². The van der Waals surface area contributed by atoms with Crippen molar-refractivity contribution in [2.45, 2.75) is 25.8 Å². The summed E-state index contributed by atoms with van der Waals surface area (Å²) in [6, 6.07) is 17.6. The summed E-state index contributed by atoms with van der Waals surface area (Å²) in [5, 5.41) is 4.12. The number of aromatic nitrogens is 3. The van der Waals surface area contributed by atoms with E-state index in [1.807, 2.05) is 68.6 Å². The predicted octanol–water partition coefficient (Wildman–Crippen LogP) is 3.65. The summed E-state index contributed by atoms with van der Waals surface area (Å²) < 4.78 is 7.35. The monoisotopic (exact) mass is 364 g/mol. The van der Waals surface area contributed by atoms with Crippen molar-refractivity contribution < 1.29 is 9.53 Å². The first-order chi connectivity index (χ1) is 13.1. The minimum atomic E-state index is -0.00246. The first-order valence-electron chi connectivity index (χ1n) is 9.03. The van der Waals surface area contributed by atoms with Crippen LogP contribution in [0.15, 0.2) is 67.3 Å². The van der Waals surface area contributed by atoms with E-state index in [1.54, 1.807) is 15.9 Å². The molecule has 6 heteroatoms. The number of benzene rings is 2. The third-order valence-electron chi connectivity index (χ3n) is 4.58. The van der Waals surface area contributed by atoms with Crippen LogP contribution in [0.5, 0.6) is 5.75 Å². The van der Waals surface area contributed by atoms with Gasteiger partial charge in [-0.2, -0.15) is 5.10 Å². The third-order valence-corrected chi connectivity index (χ3v) is 4.58. The van der Waals surface area contributed by atoms with Crippen molar-refractivity contribution in [3.05, 3.63) is 72.8 Å². The number of hydrogen-bond acceptors (Lipinski definition) is 4. The number of carbonyl (C=O) groups is 1. The predicted molar refractivity (Wildman–Crippen MR) is 104 cm³/mol. The van der Waals surface area contributed by atoms with Crippen molar-refractivity contribution >= 4 is 5.91 Å². The highest BCUT2D eigenvalue weighted by molar-refractivity contribution is 5.76. The van der Waals surface area contributed by atoms with Crippen LogP contribution in [0.1, 0.15) is 31.4 Å². The lowest BCUT2D eigenvalue weighted by Crippen LogP contribution is -2.29. The average molecular weight is 364 g/mol. The largest absolute Gasteiger partial charge is 0.494 e. The zero-order valence-electron chi connectivity index (χ0n) is 15.7. The highest BCUT2D eigenvalue weighted by Crippen LogP contribution is 2.21. The van der Waals surface area contributed by atoms with E-state index in [4.69, 9.17) is 4.74 Å². The van der Waals surface area contributed by atoms with E-state index in [9.17, 15) is 4.79 Å². The summed E-state index contributed by atoms with van der Waals surface area (Å²) in [6.45, 7) is 2.56. The van der Waals surface area contributed by atoms with Crippen LogP contribution in [-0.4, -0.2) is 39.2 Å². The smallest absolute Gasteiger partial charge is 0.222 e. The molecule has 27 heavy (non-hydrogen) atoms. The molecule has 0 saturated carbocycles. The van der Waals surface area contributed by atoms with Gasteiger partial charge >= 0.3 is 0 Å². The van der Waals surface area contributed by atoms with E-state index in [1.165, 1.54) is 6.33 Å². The van der Waals surface area contributed by atoms with Gasteiger partial charge in [0.05, 0.1) is 18.3 Å². The van der Waals surface area contributed by atoms with Gasteiger partial charge in [0, 0.05) is 13.5 Å². The Morgan fingerprint density at radius 3 is 2.56 bits per heavy atom. The molecule has 0 aliphatic rings. The molecular weight excluding hydrogens is 340 g/mol. The summed E-state index contributed by atoms with van der Waals surface area (Å²) in [5.41, 5.74) is 2.02. The van der Waals surface area contributed by atoms with Crippen molar-refractivity contribution in [2.24, 2.45) is 0 Å². The highest BCUT2D eigenvalue weighted by Gasteiger charge is 2.17. The molecule has 0 aliphatic carbocycles. The lowest BCUT2D eigenvalue weighted by atomic mass is 10.1. The molecule has 0 spiro atoms. The first kappa shape index (κ1) is 18.6. The average Bonchev–Trinajstić information content (AvgIpc) is 3.26. The molecule has 1 amide bonds. The molecule has 3 aromatic rings. The molecule has 1 atom stereocenters. The molecule has 140 valence electrons. The van der Waals surface area contributed by atoms with Gasteiger partial charge in [-0.25, -0.2) is 9.67 Å². The van der Waals surface area contributed by atoms with Gasteiger partial charge in [-0.05, 0) is 43.2 Å². The molecule has 0 N–H and O–H groups in total. The molecule has 0 radical (unpaired) electrons. The number of hydrogen-bond donors (Lipinski definition) is 0. The van der Waals surface area contributed by atoms with E-state index < -0.39 is 0 Å². The molecule has 6 nitrogen and oxygen atoms in total. The van der Waals surface area contributed by atoms with E-state index >= 15 is 0 Å². The molecule has 0 saturated heterocycles. The van der Waals surface area contributed by atoms with Gasteiger partial charge in [-0.3, -0.25) is 4.79 Å². The van der Waals surface area contributed by atoms with Crippen molar-refractivity contribution in [3.8, 4) is 11.4 Å². The van der Waals surface area contributed by atoms with Crippen LogP contribution in [0.4, 0.5) is 0 Å². The topological polar surface area (TPSA) is 60.2 Å². The number of carbonyl (C=O) groups excluding carboxylic acids is 1. The second kappa shape index (κ2) is 8.98. The summed E-state index contributed by atoms with van der Waals surface area (Å²) in [6.07, 6.45) is 4.32. The summed E-state index contributed by atoms with van der Waals surface area (Å²) >= 11 is 0. The molecule has 2 aromatic carbocycles. The standard InChI is InChI=1S/C21H24N4O2/c1-17(18-10-12-19(13-11-18)25-16-22-15-23-25)24(2)21(26)9-6-14-27-20-7-4-3-5-8-20/h3-5,7-8,10-13,15-17H,6,9,14H2,1-2H3/t17-/m1/s1. The lowest BCUT2D eigenvalue weighted by Gasteiger charge is -2.25. The minimum Gasteiger partial charge on any atom is -0.494 e. The quantitative estimate of drug-likeness (QED) is 0.573. The maximum Gasteiger partial charge on any atom is 0.222 e.